The second kappa shape index (κ2) is 14.0. The second-order valence-electron chi connectivity index (χ2n) is 14.9. The monoisotopic (exact) mass is 760 g/mol. The molecule has 0 aliphatic carbocycles. The summed E-state index contributed by atoms with van der Waals surface area (Å²) in [5.74, 6) is -2.31. The Morgan fingerprint density at radius 2 is 1.63 bits per heavy atom. The highest BCUT2D eigenvalue weighted by Crippen LogP contribution is 2.60. The average Bonchev–Trinajstić information content (AvgIpc) is 3.73. The van der Waals surface area contributed by atoms with Crippen LogP contribution >= 0.6 is 0 Å². The van der Waals surface area contributed by atoms with Crippen LogP contribution in [0.25, 0.3) is 0 Å². The molecule has 2 unspecified atom stereocenters. The number of hydrogen-bond donors (Lipinski definition) is 2. The molecule has 3 aromatic rings. The van der Waals surface area contributed by atoms with Crippen LogP contribution in [-0.2, 0) is 63.3 Å². The highest BCUT2D eigenvalue weighted by atomic mass is 28.4. The van der Waals surface area contributed by atoms with E-state index in [-0.39, 0.29) is 43.7 Å². The van der Waals surface area contributed by atoms with Crippen molar-refractivity contribution in [3.05, 3.63) is 65.5 Å². The molecule has 3 saturated heterocycles. The topological polar surface area (TPSA) is 194 Å². The van der Waals surface area contributed by atoms with E-state index in [4.69, 9.17) is 14.2 Å². The van der Waals surface area contributed by atoms with Crippen LogP contribution in [0.1, 0.15) is 56.9 Å². The number of β-lactam (4-membered cyclic amide) rings is 2. The molecule has 286 valence electrons. The van der Waals surface area contributed by atoms with Gasteiger partial charge in [0.15, 0.2) is 26.4 Å². The van der Waals surface area contributed by atoms with E-state index in [9.17, 15) is 29.1 Å². The smallest absolute Gasteiger partial charge is 0.304 e. The lowest BCUT2D eigenvalue weighted by Crippen LogP contribution is -2.55. The number of hydrogen-bond acceptors (Lipinski definition) is 12. The number of fused-ring (bicyclic) bond motifs is 2. The third-order valence-corrected chi connectivity index (χ3v) is 13.3. The molecule has 3 amide bonds. The van der Waals surface area contributed by atoms with Crippen LogP contribution in [0.2, 0.25) is 18.6 Å². The van der Waals surface area contributed by atoms with Crippen LogP contribution in [-0.4, -0.2) is 88.0 Å². The quantitative estimate of drug-likeness (QED) is 0.156. The van der Waals surface area contributed by atoms with Gasteiger partial charge in [0.05, 0.1) is 36.9 Å². The van der Waals surface area contributed by atoms with Crippen LogP contribution in [0.3, 0.4) is 0 Å². The van der Waals surface area contributed by atoms with Gasteiger partial charge in [-0.1, -0.05) is 24.3 Å². The summed E-state index contributed by atoms with van der Waals surface area (Å²) < 4.78 is 19.4. The van der Waals surface area contributed by atoms with Gasteiger partial charge in [0.2, 0.25) is 11.8 Å². The van der Waals surface area contributed by atoms with E-state index in [1.807, 2.05) is 26.1 Å². The minimum absolute atomic E-state index is 0.0324. The van der Waals surface area contributed by atoms with Crippen LogP contribution < -0.4 is 14.7 Å². The number of aryl methyl sites for hydroxylation is 1. The number of aliphatic hydroxyl groups is 1. The Morgan fingerprint density at radius 3 is 2.22 bits per heavy atom. The molecule has 1 spiro atoms. The summed E-state index contributed by atoms with van der Waals surface area (Å²) in [5, 5.41) is 17.6. The van der Waals surface area contributed by atoms with Gasteiger partial charge in [0, 0.05) is 68.0 Å². The zero-order chi connectivity index (χ0) is 38.7. The molecule has 5 heterocycles. The van der Waals surface area contributed by atoms with Crippen molar-refractivity contribution in [3.8, 4) is 0 Å². The number of carbonyl (C=O) groups excluding carboxylic acids is 5. The van der Waals surface area contributed by atoms with Gasteiger partial charge in [0.25, 0.3) is 5.91 Å². The summed E-state index contributed by atoms with van der Waals surface area (Å²) in [7, 11) is -3.02. The van der Waals surface area contributed by atoms with Gasteiger partial charge in [0.1, 0.15) is 0 Å². The van der Waals surface area contributed by atoms with E-state index in [2.05, 4.69) is 10.3 Å². The number of carbonyl (C=O) groups is 5. The maximum absolute atomic E-state index is 15.1. The first kappa shape index (κ1) is 37.3. The summed E-state index contributed by atoms with van der Waals surface area (Å²) in [6.45, 7) is 8.58. The molecule has 17 heteroatoms. The van der Waals surface area contributed by atoms with Crippen molar-refractivity contribution in [1.82, 2.24) is 15.0 Å². The highest BCUT2D eigenvalue weighted by molar-refractivity contribution is 6.71. The molecule has 4 aliphatic rings. The Labute approximate surface area is 312 Å². The third kappa shape index (κ3) is 6.48. The van der Waals surface area contributed by atoms with Crippen molar-refractivity contribution < 1.29 is 48.1 Å². The molecule has 2 aromatic carbocycles. The van der Waals surface area contributed by atoms with Crippen LogP contribution in [0.15, 0.2) is 48.7 Å². The number of esters is 2. The van der Waals surface area contributed by atoms with Crippen LogP contribution in [0.4, 0.5) is 17.1 Å². The summed E-state index contributed by atoms with van der Waals surface area (Å²) in [6.07, 6.45) is 0.577. The molecule has 0 radical (unpaired) electrons. The van der Waals surface area contributed by atoms with E-state index < -0.39 is 55.9 Å². The normalized spacial score (nSPS) is 26.2. The van der Waals surface area contributed by atoms with Crippen LogP contribution in [0.5, 0.6) is 0 Å². The first-order chi connectivity index (χ1) is 25.6. The van der Waals surface area contributed by atoms with Crippen LogP contribution in [0, 0.1) is 5.92 Å². The SMILES string of the molecule is CC(=O)OC1CC(=O)N1c1cccc(CN2C(=O)[C@]3(O[C@H](CCn4cc(CCO)nn4)[C@@H]([Si](C)(C)O)[C@@H]3C)c3cc(N4C(=O)CC4OC(C)=O)ccc32)c1. The minimum Gasteiger partial charge on any atom is -0.441 e. The first-order valence-corrected chi connectivity index (χ1v) is 21.1. The predicted molar refractivity (Wildman–Crippen MR) is 194 cm³/mol. The first-order valence-electron chi connectivity index (χ1n) is 18.1. The van der Waals surface area contributed by atoms with E-state index in [0.29, 0.717) is 53.3 Å². The van der Waals surface area contributed by atoms with Crippen molar-refractivity contribution in [1.29, 1.82) is 0 Å². The molecule has 4 aliphatic heterocycles. The molecular formula is C37H44N6O10Si. The molecule has 0 bridgehead atoms. The number of nitrogens with zero attached hydrogens (tertiary/aromatic N) is 6. The molecular weight excluding hydrogens is 717 g/mol. The van der Waals surface area contributed by atoms with Gasteiger partial charge in [-0.25, -0.2) is 0 Å². The van der Waals surface area contributed by atoms with Crippen molar-refractivity contribution in [2.24, 2.45) is 5.92 Å². The Kier molecular flexibility index (Phi) is 9.70. The lowest BCUT2D eigenvalue weighted by atomic mass is 9.82. The van der Waals surface area contributed by atoms with Crippen molar-refractivity contribution >= 4 is 55.0 Å². The predicted octanol–water partition coefficient (Wildman–Crippen LogP) is 2.50. The van der Waals surface area contributed by atoms with E-state index >= 15 is 4.79 Å². The zero-order valence-electron chi connectivity index (χ0n) is 30.8. The van der Waals surface area contributed by atoms with Gasteiger partial charge in [-0.05, 0) is 55.4 Å². The maximum Gasteiger partial charge on any atom is 0.304 e. The van der Waals surface area contributed by atoms with Crippen molar-refractivity contribution in [2.45, 2.75) is 102 Å². The second-order valence-corrected chi connectivity index (χ2v) is 18.9. The molecule has 1 aromatic heterocycles. The fraction of sp³-hybridized carbons (Fsp3) is 0.486. The third-order valence-electron chi connectivity index (χ3n) is 10.8. The Bertz CT molecular complexity index is 2020. The number of ether oxygens (including phenoxy) is 3. The van der Waals surface area contributed by atoms with Gasteiger partial charge in [-0.3, -0.25) is 38.5 Å². The lowest BCUT2D eigenvalue weighted by molar-refractivity contribution is -0.155. The van der Waals surface area contributed by atoms with Gasteiger partial charge in [-0.2, -0.15) is 0 Å². The largest absolute Gasteiger partial charge is 0.441 e. The highest BCUT2D eigenvalue weighted by Gasteiger charge is 2.66. The number of anilines is 3. The lowest BCUT2D eigenvalue weighted by Gasteiger charge is -2.39. The fourth-order valence-corrected chi connectivity index (χ4v) is 11.1. The number of amides is 3. The standard InChI is InChI=1S/C37H44N6O10Si/c1-21-35(54(4,5)50)30(11-13-40-20-25(12-14-44)38-39-40)53-37(21)28-16-27(43-32(48)18-34(43)52-23(3)46)9-10-29(28)41(36(37)49)19-24-7-6-8-26(15-24)42-31(47)17-33(42)51-22(2)45/h6-10,15-16,20-21,30,33-35,44,50H,11-14,17-19H2,1-5H3/t21-,30+,33?,34?,35-,37+/m0/s1. The minimum atomic E-state index is -3.02. The fourth-order valence-electron chi connectivity index (χ4n) is 8.53. The average molecular weight is 761 g/mol. The maximum atomic E-state index is 15.1. The molecule has 2 N–H and O–H groups in total. The molecule has 7 rings (SSSR count). The van der Waals surface area contributed by atoms with E-state index in [1.54, 1.807) is 52.2 Å². The Balaban J connectivity index is 1.26. The van der Waals surface area contributed by atoms with E-state index in [1.165, 1.54) is 23.6 Å². The Hall–Kier alpha value is -4.97. The molecule has 16 nitrogen and oxygen atoms in total. The molecule has 0 saturated carbocycles. The van der Waals surface area contributed by atoms with Crippen molar-refractivity contribution in [3.63, 3.8) is 0 Å². The zero-order valence-corrected chi connectivity index (χ0v) is 31.8. The number of rotatable bonds is 12. The van der Waals surface area contributed by atoms with Crippen molar-refractivity contribution in [2.75, 3.05) is 21.3 Å². The summed E-state index contributed by atoms with van der Waals surface area (Å²) in [5.41, 5.74) is 1.44. The summed E-state index contributed by atoms with van der Waals surface area (Å²) in [6, 6.07) is 12.3. The number of aliphatic hydroxyl groups excluding tert-OH is 1. The summed E-state index contributed by atoms with van der Waals surface area (Å²) in [4.78, 5) is 80.3. The van der Waals surface area contributed by atoms with E-state index in [0.717, 1.165) is 0 Å². The molecule has 6 atom stereocenters. The Morgan fingerprint density at radius 1 is 0.981 bits per heavy atom. The summed E-state index contributed by atoms with van der Waals surface area (Å²) >= 11 is 0. The van der Waals surface area contributed by atoms with Gasteiger partial charge in [-0.15, -0.1) is 5.10 Å². The number of aromatic nitrogens is 3. The number of benzene rings is 2. The van der Waals surface area contributed by atoms with Gasteiger partial charge < -0.3 is 29.0 Å². The van der Waals surface area contributed by atoms with Gasteiger partial charge >= 0.3 is 11.9 Å². The molecule has 54 heavy (non-hydrogen) atoms. The molecule has 3 fully saturated rings.